The van der Waals surface area contributed by atoms with Gasteiger partial charge in [-0.1, -0.05) is 34.1 Å². The first-order valence-corrected chi connectivity index (χ1v) is 4.12. The Morgan fingerprint density at radius 2 is 1.30 bits per heavy atom. The first-order chi connectivity index (χ1) is 4.41. The van der Waals surface area contributed by atoms with Gasteiger partial charge in [-0.25, -0.2) is 0 Å². The molecule has 1 heteroatoms. The Kier molecular flexibility index (Phi) is 14.8. The summed E-state index contributed by atoms with van der Waals surface area (Å²) in [5.74, 6) is 0. The number of unbranched alkanes of at least 4 members (excludes halogenated alkanes) is 2. The summed E-state index contributed by atoms with van der Waals surface area (Å²) in [6, 6.07) is 0. The first-order valence-electron chi connectivity index (χ1n) is 4.12. The molecule has 0 rings (SSSR count). The SMILES string of the molecule is C.CCCCNCCCC. The standard InChI is InChI=1S/C8H19N.CH4/c1-3-5-7-9-8-6-4-2;/h9H,3-8H2,1-2H3;1H4. The molecule has 0 aliphatic rings. The zero-order chi connectivity index (χ0) is 6.95. The number of hydrogen-bond acceptors (Lipinski definition) is 1. The van der Waals surface area contributed by atoms with Crippen LogP contribution in [0.25, 0.3) is 0 Å². The molecule has 0 amide bonds. The van der Waals surface area contributed by atoms with E-state index in [4.69, 9.17) is 0 Å². The second-order valence-electron chi connectivity index (χ2n) is 2.46. The molecule has 0 unspecified atom stereocenters. The Hall–Kier alpha value is -0.0400. The molecule has 0 fully saturated rings. The van der Waals surface area contributed by atoms with Crippen molar-refractivity contribution in [3.05, 3.63) is 0 Å². The van der Waals surface area contributed by atoms with Crippen molar-refractivity contribution in [2.24, 2.45) is 0 Å². The van der Waals surface area contributed by atoms with Gasteiger partial charge in [0.05, 0.1) is 0 Å². The molecule has 1 N–H and O–H groups in total. The third-order valence-electron chi connectivity index (χ3n) is 1.41. The molecule has 0 aliphatic heterocycles. The maximum Gasteiger partial charge on any atom is -0.00490 e. The molecule has 10 heavy (non-hydrogen) atoms. The van der Waals surface area contributed by atoms with E-state index in [-0.39, 0.29) is 7.43 Å². The topological polar surface area (TPSA) is 12.0 Å². The predicted octanol–water partition coefficient (Wildman–Crippen LogP) is 2.81. The van der Waals surface area contributed by atoms with Crippen LogP contribution in [0.4, 0.5) is 0 Å². The molecule has 0 aromatic heterocycles. The van der Waals surface area contributed by atoms with E-state index in [9.17, 15) is 0 Å². The van der Waals surface area contributed by atoms with Gasteiger partial charge in [-0.05, 0) is 25.9 Å². The Labute approximate surface area is 66.2 Å². The molecular weight excluding hydrogens is 122 g/mol. The van der Waals surface area contributed by atoms with E-state index >= 15 is 0 Å². The molecule has 0 radical (unpaired) electrons. The van der Waals surface area contributed by atoms with Crippen LogP contribution >= 0.6 is 0 Å². The minimum absolute atomic E-state index is 0. The lowest BCUT2D eigenvalue weighted by molar-refractivity contribution is 0.611. The molecule has 64 valence electrons. The van der Waals surface area contributed by atoms with Crippen LogP contribution in [-0.2, 0) is 0 Å². The molecule has 0 aromatic carbocycles. The Morgan fingerprint density at radius 1 is 0.900 bits per heavy atom. The average molecular weight is 145 g/mol. The fourth-order valence-electron chi connectivity index (χ4n) is 0.729. The maximum atomic E-state index is 3.39. The van der Waals surface area contributed by atoms with E-state index in [1.165, 1.54) is 38.8 Å². The molecule has 0 aromatic rings. The highest BCUT2D eigenvalue weighted by Crippen LogP contribution is 1.85. The summed E-state index contributed by atoms with van der Waals surface area (Å²) >= 11 is 0. The van der Waals surface area contributed by atoms with Gasteiger partial charge in [-0.15, -0.1) is 0 Å². The Morgan fingerprint density at radius 3 is 1.60 bits per heavy atom. The van der Waals surface area contributed by atoms with Gasteiger partial charge in [0.25, 0.3) is 0 Å². The van der Waals surface area contributed by atoms with Gasteiger partial charge in [0, 0.05) is 0 Å². The van der Waals surface area contributed by atoms with Crippen LogP contribution in [0.2, 0.25) is 0 Å². The summed E-state index contributed by atoms with van der Waals surface area (Å²) < 4.78 is 0. The van der Waals surface area contributed by atoms with Crippen molar-refractivity contribution in [3.8, 4) is 0 Å². The Bertz CT molecular complexity index is 38.0. The normalized spacial score (nSPS) is 9.00. The summed E-state index contributed by atoms with van der Waals surface area (Å²) in [6.45, 7) is 6.86. The maximum absolute atomic E-state index is 3.39. The molecule has 0 bridgehead atoms. The largest absolute Gasteiger partial charge is 0.317 e. The summed E-state index contributed by atoms with van der Waals surface area (Å²) in [6.07, 6.45) is 5.26. The second-order valence-corrected chi connectivity index (χ2v) is 2.46. The van der Waals surface area contributed by atoms with Gasteiger partial charge in [0.1, 0.15) is 0 Å². The summed E-state index contributed by atoms with van der Waals surface area (Å²) in [5.41, 5.74) is 0. The Balaban J connectivity index is 0. The zero-order valence-electron chi connectivity index (χ0n) is 6.74. The fraction of sp³-hybridized carbons (Fsp3) is 1.00. The number of rotatable bonds is 6. The smallest absolute Gasteiger partial charge is 0.00490 e. The fourth-order valence-corrected chi connectivity index (χ4v) is 0.729. The zero-order valence-corrected chi connectivity index (χ0v) is 6.74. The average Bonchev–Trinajstić information content (AvgIpc) is 1.89. The van der Waals surface area contributed by atoms with Crippen molar-refractivity contribution in [2.75, 3.05) is 13.1 Å². The van der Waals surface area contributed by atoms with E-state index in [1.807, 2.05) is 0 Å². The number of nitrogens with one attached hydrogen (secondary N) is 1. The molecule has 0 heterocycles. The van der Waals surface area contributed by atoms with Gasteiger partial charge in [0.15, 0.2) is 0 Å². The van der Waals surface area contributed by atoms with Crippen LogP contribution in [0.15, 0.2) is 0 Å². The molecule has 0 spiro atoms. The van der Waals surface area contributed by atoms with Crippen molar-refractivity contribution in [2.45, 2.75) is 47.0 Å². The van der Waals surface area contributed by atoms with Crippen molar-refractivity contribution in [1.82, 2.24) is 5.32 Å². The highest BCUT2D eigenvalue weighted by Gasteiger charge is 1.83. The van der Waals surface area contributed by atoms with E-state index in [0.29, 0.717) is 0 Å². The van der Waals surface area contributed by atoms with Crippen molar-refractivity contribution in [3.63, 3.8) is 0 Å². The lowest BCUT2D eigenvalue weighted by atomic mass is 10.3. The molecule has 1 nitrogen and oxygen atoms in total. The third-order valence-corrected chi connectivity index (χ3v) is 1.41. The van der Waals surface area contributed by atoms with E-state index in [0.717, 1.165) is 0 Å². The predicted molar refractivity (Wildman–Crippen MR) is 49.4 cm³/mol. The van der Waals surface area contributed by atoms with E-state index in [2.05, 4.69) is 19.2 Å². The van der Waals surface area contributed by atoms with Crippen molar-refractivity contribution >= 4 is 0 Å². The van der Waals surface area contributed by atoms with E-state index in [1.54, 1.807) is 0 Å². The number of hydrogen-bond donors (Lipinski definition) is 1. The van der Waals surface area contributed by atoms with Gasteiger partial charge in [-0.3, -0.25) is 0 Å². The molecule has 0 aliphatic carbocycles. The van der Waals surface area contributed by atoms with Crippen LogP contribution in [0.1, 0.15) is 47.0 Å². The lowest BCUT2D eigenvalue weighted by Crippen LogP contribution is -2.15. The minimum atomic E-state index is 0. The van der Waals surface area contributed by atoms with Crippen LogP contribution in [0.5, 0.6) is 0 Å². The highest BCUT2D eigenvalue weighted by atomic mass is 14.8. The second kappa shape index (κ2) is 11.7. The highest BCUT2D eigenvalue weighted by molar-refractivity contribution is 4.45. The van der Waals surface area contributed by atoms with Crippen LogP contribution < -0.4 is 5.32 Å². The van der Waals surface area contributed by atoms with Crippen LogP contribution in [-0.4, -0.2) is 13.1 Å². The molecule has 0 atom stereocenters. The van der Waals surface area contributed by atoms with Gasteiger partial charge in [-0.2, -0.15) is 0 Å². The summed E-state index contributed by atoms with van der Waals surface area (Å²) in [7, 11) is 0. The quantitative estimate of drug-likeness (QED) is 0.567. The van der Waals surface area contributed by atoms with Crippen molar-refractivity contribution in [1.29, 1.82) is 0 Å². The van der Waals surface area contributed by atoms with Crippen molar-refractivity contribution < 1.29 is 0 Å². The third kappa shape index (κ3) is 10.9. The van der Waals surface area contributed by atoms with Gasteiger partial charge < -0.3 is 5.32 Å². The van der Waals surface area contributed by atoms with Crippen LogP contribution in [0, 0.1) is 0 Å². The monoisotopic (exact) mass is 145 g/mol. The van der Waals surface area contributed by atoms with E-state index < -0.39 is 0 Å². The van der Waals surface area contributed by atoms with Gasteiger partial charge >= 0.3 is 0 Å². The minimum Gasteiger partial charge on any atom is -0.317 e. The summed E-state index contributed by atoms with van der Waals surface area (Å²) in [4.78, 5) is 0. The summed E-state index contributed by atoms with van der Waals surface area (Å²) in [5, 5.41) is 3.39. The van der Waals surface area contributed by atoms with Crippen LogP contribution in [0.3, 0.4) is 0 Å². The van der Waals surface area contributed by atoms with Gasteiger partial charge in [0.2, 0.25) is 0 Å². The molecular formula is C9H23N. The first kappa shape index (κ1) is 12.6. The molecule has 0 saturated heterocycles. The lowest BCUT2D eigenvalue weighted by Gasteiger charge is -1.99. The molecule has 0 saturated carbocycles.